The lowest BCUT2D eigenvalue weighted by Crippen LogP contribution is -2.57. The van der Waals surface area contributed by atoms with E-state index >= 15 is 0 Å². The Labute approximate surface area is 140 Å². The van der Waals surface area contributed by atoms with Gasteiger partial charge in [-0.1, -0.05) is 0 Å². The van der Waals surface area contributed by atoms with E-state index < -0.39 is 0 Å². The maximum absolute atomic E-state index is 12.4. The van der Waals surface area contributed by atoms with Crippen LogP contribution in [0.15, 0.2) is 23.0 Å². The SMILES string of the molecule is COC[C@@H]1CN(c2cc(=O)n(C)c3ccc(C#N)nc23)[C@@H](C)CN1. The Morgan fingerprint density at radius 2 is 2.29 bits per heavy atom. The molecule has 3 rings (SSSR count). The van der Waals surface area contributed by atoms with E-state index in [4.69, 9.17) is 10.00 Å². The van der Waals surface area contributed by atoms with Crippen molar-refractivity contribution in [2.75, 3.05) is 31.7 Å². The highest BCUT2D eigenvalue weighted by molar-refractivity contribution is 5.89. The number of methoxy groups -OCH3 is 1. The van der Waals surface area contributed by atoms with E-state index in [1.807, 2.05) is 0 Å². The minimum atomic E-state index is -0.0852. The van der Waals surface area contributed by atoms with Crippen LogP contribution in [0.4, 0.5) is 5.69 Å². The summed E-state index contributed by atoms with van der Waals surface area (Å²) in [6.07, 6.45) is 0. The first-order valence-electron chi connectivity index (χ1n) is 7.95. The van der Waals surface area contributed by atoms with Crippen LogP contribution in [0.3, 0.4) is 0 Å². The van der Waals surface area contributed by atoms with E-state index in [-0.39, 0.29) is 17.6 Å². The number of nitrogens with one attached hydrogen (secondary N) is 1. The maximum Gasteiger partial charge on any atom is 0.252 e. The number of aromatic nitrogens is 2. The van der Waals surface area contributed by atoms with Gasteiger partial charge in [0.25, 0.3) is 5.56 Å². The van der Waals surface area contributed by atoms with Gasteiger partial charge in [-0.15, -0.1) is 0 Å². The molecule has 0 amide bonds. The number of hydrogen-bond donors (Lipinski definition) is 1. The average Bonchev–Trinajstić information content (AvgIpc) is 2.59. The van der Waals surface area contributed by atoms with Gasteiger partial charge >= 0.3 is 0 Å². The lowest BCUT2D eigenvalue weighted by Gasteiger charge is -2.40. The zero-order chi connectivity index (χ0) is 17.3. The van der Waals surface area contributed by atoms with E-state index in [0.29, 0.717) is 17.8 Å². The van der Waals surface area contributed by atoms with Crippen molar-refractivity contribution in [1.29, 1.82) is 5.26 Å². The van der Waals surface area contributed by atoms with Gasteiger partial charge in [-0.25, -0.2) is 4.98 Å². The Morgan fingerprint density at radius 1 is 1.50 bits per heavy atom. The molecule has 2 aromatic heterocycles. The molecule has 2 atom stereocenters. The number of anilines is 1. The summed E-state index contributed by atoms with van der Waals surface area (Å²) in [7, 11) is 3.40. The maximum atomic E-state index is 12.4. The number of rotatable bonds is 3. The molecule has 0 spiro atoms. The molecule has 1 aliphatic heterocycles. The van der Waals surface area contributed by atoms with E-state index in [9.17, 15) is 4.79 Å². The number of pyridine rings is 2. The Morgan fingerprint density at radius 3 is 3.00 bits per heavy atom. The summed E-state index contributed by atoms with van der Waals surface area (Å²) in [5.41, 5.74) is 2.45. The molecular formula is C17H21N5O2. The second kappa shape index (κ2) is 6.59. The highest BCUT2D eigenvalue weighted by atomic mass is 16.5. The summed E-state index contributed by atoms with van der Waals surface area (Å²) in [6.45, 7) is 4.22. The third-order valence-corrected chi connectivity index (χ3v) is 4.51. The van der Waals surface area contributed by atoms with E-state index in [1.165, 1.54) is 0 Å². The molecule has 2 aromatic rings. The molecule has 24 heavy (non-hydrogen) atoms. The molecule has 126 valence electrons. The number of aryl methyl sites for hydroxylation is 1. The van der Waals surface area contributed by atoms with Crippen LogP contribution in [0.5, 0.6) is 0 Å². The van der Waals surface area contributed by atoms with Crippen LogP contribution in [0, 0.1) is 11.3 Å². The Hall–Kier alpha value is -2.43. The molecule has 0 unspecified atom stereocenters. The summed E-state index contributed by atoms with van der Waals surface area (Å²) in [4.78, 5) is 19.0. The normalized spacial score (nSPS) is 21.0. The topological polar surface area (TPSA) is 83.2 Å². The molecule has 0 radical (unpaired) electrons. The fourth-order valence-corrected chi connectivity index (χ4v) is 3.17. The van der Waals surface area contributed by atoms with Gasteiger partial charge in [-0.3, -0.25) is 4.79 Å². The van der Waals surface area contributed by atoms with Crippen LogP contribution in [-0.4, -0.2) is 48.4 Å². The zero-order valence-electron chi connectivity index (χ0n) is 14.1. The summed E-state index contributed by atoms with van der Waals surface area (Å²) < 4.78 is 6.82. The minimum absolute atomic E-state index is 0.0852. The molecule has 1 N–H and O–H groups in total. The smallest absolute Gasteiger partial charge is 0.252 e. The lowest BCUT2D eigenvalue weighted by molar-refractivity contribution is 0.159. The van der Waals surface area contributed by atoms with Crippen LogP contribution in [-0.2, 0) is 11.8 Å². The van der Waals surface area contributed by atoms with Crippen LogP contribution >= 0.6 is 0 Å². The number of ether oxygens (including phenoxy) is 1. The first-order chi connectivity index (χ1) is 11.5. The van der Waals surface area contributed by atoms with Gasteiger partial charge in [0.1, 0.15) is 17.3 Å². The fraction of sp³-hybridized carbons (Fsp3) is 0.471. The van der Waals surface area contributed by atoms with Gasteiger partial charge < -0.3 is 19.5 Å². The molecule has 0 saturated carbocycles. The second-order valence-corrected chi connectivity index (χ2v) is 6.16. The standard InChI is InChI=1S/C17H21N5O2/c1-11-8-19-13(10-24-3)9-22(11)15-6-16(23)21(2)14-5-4-12(7-18)20-17(14)15/h4-6,11,13,19H,8-10H2,1-3H3/t11-,13-/m0/s1. The van der Waals surface area contributed by atoms with Crippen molar-refractivity contribution in [3.63, 3.8) is 0 Å². The van der Waals surface area contributed by atoms with Crippen molar-refractivity contribution in [2.24, 2.45) is 7.05 Å². The van der Waals surface area contributed by atoms with Crippen LogP contribution in [0.2, 0.25) is 0 Å². The highest BCUT2D eigenvalue weighted by Gasteiger charge is 2.27. The quantitative estimate of drug-likeness (QED) is 0.890. The average molecular weight is 327 g/mol. The Bertz CT molecular complexity index is 854. The predicted octanol–water partition coefficient (Wildman–Crippen LogP) is 0.618. The van der Waals surface area contributed by atoms with Gasteiger partial charge in [0, 0.05) is 45.4 Å². The number of nitriles is 1. The first kappa shape index (κ1) is 16.4. The van der Waals surface area contributed by atoms with Gasteiger partial charge in [-0.05, 0) is 19.1 Å². The van der Waals surface area contributed by atoms with Gasteiger partial charge in [0.2, 0.25) is 0 Å². The number of hydrogen-bond acceptors (Lipinski definition) is 6. The summed E-state index contributed by atoms with van der Waals surface area (Å²) >= 11 is 0. The van der Waals surface area contributed by atoms with Crippen molar-refractivity contribution < 1.29 is 4.74 Å². The second-order valence-electron chi connectivity index (χ2n) is 6.16. The third-order valence-electron chi connectivity index (χ3n) is 4.51. The van der Waals surface area contributed by atoms with Crippen molar-refractivity contribution in [2.45, 2.75) is 19.0 Å². The summed E-state index contributed by atoms with van der Waals surface area (Å²) in [5.74, 6) is 0. The van der Waals surface area contributed by atoms with Crippen LogP contribution < -0.4 is 15.8 Å². The monoisotopic (exact) mass is 327 g/mol. The van der Waals surface area contributed by atoms with Gasteiger partial charge in [0.15, 0.2) is 0 Å². The van der Waals surface area contributed by atoms with E-state index in [2.05, 4.69) is 28.2 Å². The molecule has 3 heterocycles. The molecular weight excluding hydrogens is 306 g/mol. The molecule has 0 aliphatic carbocycles. The Balaban J connectivity index is 2.15. The third kappa shape index (κ3) is 2.86. The zero-order valence-corrected chi connectivity index (χ0v) is 14.1. The van der Waals surface area contributed by atoms with E-state index in [1.54, 1.807) is 36.9 Å². The van der Waals surface area contributed by atoms with Crippen LogP contribution in [0.25, 0.3) is 11.0 Å². The molecule has 7 nitrogen and oxygen atoms in total. The van der Waals surface area contributed by atoms with Crippen molar-refractivity contribution in [3.05, 3.63) is 34.2 Å². The lowest BCUT2D eigenvalue weighted by atomic mass is 10.1. The first-order valence-corrected chi connectivity index (χ1v) is 7.95. The fourth-order valence-electron chi connectivity index (χ4n) is 3.17. The van der Waals surface area contributed by atoms with Gasteiger partial charge in [0.05, 0.1) is 17.8 Å². The minimum Gasteiger partial charge on any atom is -0.383 e. The van der Waals surface area contributed by atoms with Crippen molar-refractivity contribution in [1.82, 2.24) is 14.9 Å². The summed E-state index contributed by atoms with van der Waals surface area (Å²) in [6, 6.07) is 7.50. The van der Waals surface area contributed by atoms with Crippen LogP contribution in [0.1, 0.15) is 12.6 Å². The van der Waals surface area contributed by atoms with Gasteiger partial charge in [-0.2, -0.15) is 5.26 Å². The molecule has 7 heteroatoms. The highest BCUT2D eigenvalue weighted by Crippen LogP contribution is 2.26. The molecule has 1 fully saturated rings. The molecule has 0 bridgehead atoms. The molecule has 0 aromatic carbocycles. The molecule has 1 aliphatic rings. The van der Waals surface area contributed by atoms with Crippen molar-refractivity contribution >= 4 is 16.7 Å². The molecule has 1 saturated heterocycles. The summed E-state index contributed by atoms with van der Waals surface area (Å²) in [5, 5.41) is 12.6. The number of fused-ring (bicyclic) bond motifs is 1. The largest absolute Gasteiger partial charge is 0.383 e. The van der Waals surface area contributed by atoms with Crippen molar-refractivity contribution in [3.8, 4) is 6.07 Å². The number of piperazine rings is 1. The van der Waals surface area contributed by atoms with E-state index in [0.717, 1.165) is 24.3 Å². The Kier molecular flexibility index (Phi) is 4.51. The predicted molar refractivity (Wildman–Crippen MR) is 92.2 cm³/mol. The number of nitrogens with zero attached hydrogens (tertiary/aromatic N) is 4.